The van der Waals surface area contributed by atoms with Crippen LogP contribution < -0.4 is 19.9 Å². The van der Waals surface area contributed by atoms with Gasteiger partial charge in [0.05, 0.1) is 21.3 Å². The molecule has 0 saturated heterocycles. The van der Waals surface area contributed by atoms with Crippen molar-refractivity contribution in [1.82, 2.24) is 0 Å². The predicted octanol–water partition coefficient (Wildman–Crippen LogP) is 1.21. The monoisotopic (exact) mass is 212 g/mol. The molecule has 0 aliphatic heterocycles. The standard InChI is InChI=1S/C11H17NO3/c1-13-9-7-11(15-3)10(14-2)6-8(9)4-5-12/h6-7H,4-5,12H2,1-3H3/i6+1. The van der Waals surface area contributed by atoms with Crippen molar-refractivity contribution in [3.8, 4) is 17.2 Å². The zero-order valence-electron chi connectivity index (χ0n) is 9.37. The quantitative estimate of drug-likeness (QED) is 0.797. The Morgan fingerprint density at radius 2 is 1.47 bits per heavy atom. The molecule has 0 spiro atoms. The lowest BCUT2D eigenvalue weighted by molar-refractivity contribution is 0.347. The molecule has 2 N–H and O–H groups in total. The van der Waals surface area contributed by atoms with E-state index in [4.69, 9.17) is 19.9 Å². The van der Waals surface area contributed by atoms with Crippen molar-refractivity contribution in [3.63, 3.8) is 0 Å². The Hall–Kier alpha value is -1.42. The summed E-state index contributed by atoms with van der Waals surface area (Å²) in [5.74, 6) is 2.13. The van der Waals surface area contributed by atoms with E-state index < -0.39 is 0 Å². The van der Waals surface area contributed by atoms with E-state index in [0.717, 1.165) is 17.7 Å². The maximum atomic E-state index is 5.52. The number of ether oxygens (including phenoxy) is 3. The van der Waals surface area contributed by atoms with Crippen LogP contribution in [0.15, 0.2) is 12.1 Å². The summed E-state index contributed by atoms with van der Waals surface area (Å²) in [5.41, 5.74) is 6.54. The molecule has 0 aliphatic carbocycles. The van der Waals surface area contributed by atoms with Gasteiger partial charge in [0.2, 0.25) is 0 Å². The highest BCUT2D eigenvalue weighted by Crippen LogP contribution is 2.34. The molecule has 4 heteroatoms. The molecule has 15 heavy (non-hydrogen) atoms. The van der Waals surface area contributed by atoms with Gasteiger partial charge in [0.25, 0.3) is 0 Å². The fourth-order valence-corrected chi connectivity index (χ4v) is 1.44. The molecule has 0 saturated carbocycles. The molecule has 0 amide bonds. The third-order valence-electron chi connectivity index (χ3n) is 2.20. The lowest BCUT2D eigenvalue weighted by Crippen LogP contribution is -2.05. The van der Waals surface area contributed by atoms with Crippen molar-refractivity contribution in [2.45, 2.75) is 6.42 Å². The Balaban J connectivity index is 3.15. The number of methoxy groups -OCH3 is 3. The van der Waals surface area contributed by atoms with Gasteiger partial charge in [-0.05, 0) is 24.6 Å². The van der Waals surface area contributed by atoms with E-state index in [-0.39, 0.29) is 0 Å². The molecule has 0 unspecified atom stereocenters. The molecular formula is C11H17NO3. The average molecular weight is 212 g/mol. The van der Waals surface area contributed by atoms with Gasteiger partial charge in [-0.1, -0.05) is 0 Å². The van der Waals surface area contributed by atoms with Crippen LogP contribution in [-0.2, 0) is 6.42 Å². The minimum absolute atomic E-state index is 0.575. The fraction of sp³-hybridized carbons (Fsp3) is 0.455. The molecule has 0 aromatic heterocycles. The SMILES string of the molecule is COc1cc(OC)c(OC)[13cH]c1CCN. The van der Waals surface area contributed by atoms with Crippen molar-refractivity contribution < 1.29 is 14.2 Å². The summed E-state index contributed by atoms with van der Waals surface area (Å²) in [5, 5.41) is 0. The Morgan fingerprint density at radius 1 is 0.933 bits per heavy atom. The molecule has 1 rings (SSSR count). The Bertz CT molecular complexity index is 326. The number of hydrogen-bond donors (Lipinski definition) is 1. The summed E-state index contributed by atoms with van der Waals surface area (Å²) in [6, 6.07) is 3.70. The molecule has 0 heterocycles. The van der Waals surface area contributed by atoms with Crippen LogP contribution in [0.5, 0.6) is 17.2 Å². The minimum atomic E-state index is 0.575. The highest BCUT2D eigenvalue weighted by Gasteiger charge is 2.10. The highest BCUT2D eigenvalue weighted by molar-refractivity contribution is 5.50. The lowest BCUT2D eigenvalue weighted by Gasteiger charge is -2.13. The molecule has 0 bridgehead atoms. The Morgan fingerprint density at radius 3 is 1.93 bits per heavy atom. The second-order valence-electron chi connectivity index (χ2n) is 3.06. The van der Waals surface area contributed by atoms with Crippen LogP contribution >= 0.6 is 0 Å². The number of benzene rings is 1. The van der Waals surface area contributed by atoms with Crippen LogP contribution in [0.25, 0.3) is 0 Å². The fourth-order valence-electron chi connectivity index (χ4n) is 1.44. The Labute approximate surface area is 89.9 Å². The topological polar surface area (TPSA) is 53.7 Å². The van der Waals surface area contributed by atoms with E-state index in [0.29, 0.717) is 18.0 Å². The van der Waals surface area contributed by atoms with Crippen LogP contribution in [0.1, 0.15) is 5.56 Å². The zero-order chi connectivity index (χ0) is 11.3. The van der Waals surface area contributed by atoms with Gasteiger partial charge < -0.3 is 19.9 Å². The van der Waals surface area contributed by atoms with E-state index in [1.54, 1.807) is 21.3 Å². The van der Waals surface area contributed by atoms with E-state index >= 15 is 0 Å². The molecule has 0 radical (unpaired) electrons. The third-order valence-corrected chi connectivity index (χ3v) is 2.20. The number of hydrogen-bond acceptors (Lipinski definition) is 4. The lowest BCUT2D eigenvalue weighted by atomic mass is 10.2. The molecule has 84 valence electrons. The van der Waals surface area contributed by atoms with Gasteiger partial charge in [0, 0.05) is 6.07 Å². The van der Waals surface area contributed by atoms with Crippen LogP contribution in [0.2, 0.25) is 0 Å². The summed E-state index contributed by atoms with van der Waals surface area (Å²) in [6.45, 7) is 0.575. The zero-order valence-corrected chi connectivity index (χ0v) is 9.37. The van der Waals surface area contributed by atoms with Gasteiger partial charge in [0.15, 0.2) is 11.5 Å². The predicted molar refractivity (Wildman–Crippen MR) is 58.9 cm³/mol. The van der Waals surface area contributed by atoms with Crippen molar-refractivity contribution in [3.05, 3.63) is 17.7 Å². The van der Waals surface area contributed by atoms with Crippen LogP contribution in [0, 0.1) is 0 Å². The first-order valence-corrected chi connectivity index (χ1v) is 4.75. The first-order valence-electron chi connectivity index (χ1n) is 4.75. The second-order valence-corrected chi connectivity index (χ2v) is 3.06. The van der Waals surface area contributed by atoms with Crippen molar-refractivity contribution in [2.24, 2.45) is 5.73 Å². The molecular weight excluding hydrogens is 195 g/mol. The van der Waals surface area contributed by atoms with Crippen molar-refractivity contribution in [1.29, 1.82) is 0 Å². The normalized spacial score (nSPS) is 9.87. The van der Waals surface area contributed by atoms with E-state index in [1.165, 1.54) is 0 Å². The summed E-state index contributed by atoms with van der Waals surface area (Å²) in [7, 11) is 4.83. The van der Waals surface area contributed by atoms with Gasteiger partial charge in [0.1, 0.15) is 5.75 Å². The molecule has 0 atom stereocenters. The summed E-state index contributed by atoms with van der Waals surface area (Å²) in [6.07, 6.45) is 0.753. The summed E-state index contributed by atoms with van der Waals surface area (Å²) in [4.78, 5) is 0. The second kappa shape index (κ2) is 5.46. The van der Waals surface area contributed by atoms with E-state index in [1.807, 2.05) is 12.1 Å². The molecule has 0 aliphatic rings. The van der Waals surface area contributed by atoms with Gasteiger partial charge in [-0.15, -0.1) is 0 Å². The number of rotatable bonds is 5. The maximum absolute atomic E-state index is 5.52. The van der Waals surface area contributed by atoms with Gasteiger partial charge in [-0.2, -0.15) is 0 Å². The van der Waals surface area contributed by atoms with E-state index in [9.17, 15) is 0 Å². The van der Waals surface area contributed by atoms with Crippen LogP contribution in [0.4, 0.5) is 0 Å². The minimum Gasteiger partial charge on any atom is -0.496 e. The molecule has 1 aromatic carbocycles. The summed E-state index contributed by atoms with van der Waals surface area (Å²) < 4.78 is 15.6. The summed E-state index contributed by atoms with van der Waals surface area (Å²) >= 11 is 0. The average Bonchev–Trinajstić information content (AvgIpc) is 2.28. The maximum Gasteiger partial charge on any atom is 0.164 e. The van der Waals surface area contributed by atoms with Crippen LogP contribution in [-0.4, -0.2) is 27.9 Å². The van der Waals surface area contributed by atoms with E-state index in [2.05, 4.69) is 0 Å². The van der Waals surface area contributed by atoms with Crippen molar-refractivity contribution in [2.75, 3.05) is 27.9 Å². The molecule has 4 nitrogen and oxygen atoms in total. The first kappa shape index (κ1) is 11.7. The van der Waals surface area contributed by atoms with Crippen LogP contribution in [0.3, 0.4) is 0 Å². The largest absolute Gasteiger partial charge is 0.496 e. The first-order chi connectivity index (χ1) is 7.26. The number of nitrogens with two attached hydrogens (primary N) is 1. The van der Waals surface area contributed by atoms with Gasteiger partial charge in [-0.25, -0.2) is 0 Å². The highest BCUT2D eigenvalue weighted by atomic mass is 16.5. The Kier molecular flexibility index (Phi) is 4.24. The van der Waals surface area contributed by atoms with Gasteiger partial charge in [-0.3, -0.25) is 0 Å². The molecule has 1 aromatic rings. The van der Waals surface area contributed by atoms with Gasteiger partial charge >= 0.3 is 0 Å². The van der Waals surface area contributed by atoms with Crippen molar-refractivity contribution >= 4 is 0 Å². The molecule has 0 fully saturated rings. The smallest absolute Gasteiger partial charge is 0.164 e. The third kappa shape index (κ3) is 2.53.